The number of halogens is 2. The van der Waals surface area contributed by atoms with Crippen molar-refractivity contribution in [2.24, 2.45) is 5.92 Å². The molecule has 0 bridgehead atoms. The molecular formula is C16H34Cl2N4O. The van der Waals surface area contributed by atoms with Gasteiger partial charge in [0, 0.05) is 31.1 Å². The Morgan fingerprint density at radius 2 is 1.87 bits per heavy atom. The standard InChI is InChI=1S/C16H32N4O.2ClH/c1-13-12-14(4-7-17-13)16(21)18-8-11-20-9-5-15(6-10-20)19(2)3;;/h13-15,17H,4-12H2,1-3H3,(H,18,21);2*1H/t13-,14-;;/m0../s1. The normalized spacial score (nSPS) is 26.3. The Kier molecular flexibility index (Phi) is 11.4. The molecule has 0 unspecified atom stereocenters. The van der Waals surface area contributed by atoms with E-state index in [2.05, 4.69) is 41.5 Å². The Balaban J connectivity index is 0.00000242. The maximum Gasteiger partial charge on any atom is 0.223 e. The van der Waals surface area contributed by atoms with Gasteiger partial charge >= 0.3 is 0 Å². The topological polar surface area (TPSA) is 47.6 Å². The summed E-state index contributed by atoms with van der Waals surface area (Å²) in [5, 5.41) is 6.53. The van der Waals surface area contributed by atoms with Gasteiger partial charge in [-0.2, -0.15) is 0 Å². The minimum Gasteiger partial charge on any atom is -0.355 e. The van der Waals surface area contributed by atoms with Gasteiger partial charge < -0.3 is 20.4 Å². The Hall–Kier alpha value is -0.0700. The first-order valence-corrected chi connectivity index (χ1v) is 8.46. The number of rotatable bonds is 5. The van der Waals surface area contributed by atoms with E-state index in [9.17, 15) is 4.79 Å². The molecule has 2 aliphatic heterocycles. The zero-order valence-electron chi connectivity index (χ0n) is 14.7. The molecule has 0 aromatic carbocycles. The highest BCUT2D eigenvalue weighted by Gasteiger charge is 2.25. The second-order valence-corrected chi connectivity index (χ2v) is 6.90. The van der Waals surface area contributed by atoms with E-state index in [1.165, 1.54) is 12.8 Å². The van der Waals surface area contributed by atoms with Crippen LogP contribution in [0.5, 0.6) is 0 Å². The molecule has 2 rings (SSSR count). The fourth-order valence-electron chi connectivity index (χ4n) is 3.51. The van der Waals surface area contributed by atoms with Crippen LogP contribution in [0.1, 0.15) is 32.6 Å². The van der Waals surface area contributed by atoms with Crippen LogP contribution in [-0.4, -0.2) is 74.6 Å². The monoisotopic (exact) mass is 368 g/mol. The molecule has 0 aromatic heterocycles. The molecule has 2 saturated heterocycles. The van der Waals surface area contributed by atoms with Gasteiger partial charge in [0.2, 0.25) is 5.91 Å². The molecule has 2 fully saturated rings. The van der Waals surface area contributed by atoms with E-state index >= 15 is 0 Å². The lowest BCUT2D eigenvalue weighted by atomic mass is 9.92. The lowest BCUT2D eigenvalue weighted by molar-refractivity contribution is -0.126. The Bertz CT molecular complexity index is 336. The predicted octanol–water partition coefficient (Wildman–Crippen LogP) is 1.36. The number of carbonyl (C=O) groups excluding carboxylic acids is 1. The number of likely N-dealkylation sites (tertiary alicyclic amines) is 1. The summed E-state index contributed by atoms with van der Waals surface area (Å²) in [5.41, 5.74) is 0. The number of piperidine rings is 2. The first kappa shape index (κ1) is 22.9. The van der Waals surface area contributed by atoms with Gasteiger partial charge in [-0.3, -0.25) is 4.79 Å². The molecule has 0 spiro atoms. The zero-order valence-corrected chi connectivity index (χ0v) is 16.3. The Morgan fingerprint density at radius 1 is 1.22 bits per heavy atom. The highest BCUT2D eigenvalue weighted by Crippen LogP contribution is 2.16. The van der Waals surface area contributed by atoms with Crippen molar-refractivity contribution < 1.29 is 4.79 Å². The van der Waals surface area contributed by atoms with Gasteiger partial charge in [-0.15, -0.1) is 24.8 Å². The summed E-state index contributed by atoms with van der Waals surface area (Å²) < 4.78 is 0. The first-order chi connectivity index (χ1) is 10.1. The first-order valence-electron chi connectivity index (χ1n) is 8.46. The average Bonchev–Trinajstić information content (AvgIpc) is 2.47. The highest BCUT2D eigenvalue weighted by atomic mass is 35.5. The molecule has 23 heavy (non-hydrogen) atoms. The molecule has 0 saturated carbocycles. The van der Waals surface area contributed by atoms with E-state index in [1.54, 1.807) is 0 Å². The van der Waals surface area contributed by atoms with Crippen LogP contribution in [0.3, 0.4) is 0 Å². The van der Waals surface area contributed by atoms with Crippen LogP contribution in [0.2, 0.25) is 0 Å². The van der Waals surface area contributed by atoms with Gasteiger partial charge in [-0.1, -0.05) is 0 Å². The van der Waals surface area contributed by atoms with Crippen LogP contribution < -0.4 is 10.6 Å². The molecular weight excluding hydrogens is 335 g/mol. The molecule has 138 valence electrons. The molecule has 5 nitrogen and oxygen atoms in total. The predicted molar refractivity (Wildman–Crippen MR) is 101 cm³/mol. The Morgan fingerprint density at radius 3 is 2.43 bits per heavy atom. The van der Waals surface area contributed by atoms with Crippen molar-refractivity contribution >= 4 is 30.7 Å². The van der Waals surface area contributed by atoms with Gasteiger partial charge in [0.05, 0.1) is 0 Å². The van der Waals surface area contributed by atoms with Crippen molar-refractivity contribution in [3.63, 3.8) is 0 Å². The van der Waals surface area contributed by atoms with Crippen molar-refractivity contribution in [3.8, 4) is 0 Å². The summed E-state index contributed by atoms with van der Waals surface area (Å²) in [5.74, 6) is 0.465. The number of hydrogen-bond donors (Lipinski definition) is 2. The number of nitrogens with zero attached hydrogens (tertiary/aromatic N) is 2. The quantitative estimate of drug-likeness (QED) is 0.768. The van der Waals surface area contributed by atoms with Crippen LogP contribution in [0.4, 0.5) is 0 Å². The lowest BCUT2D eigenvalue weighted by Crippen LogP contribution is -2.46. The summed E-state index contributed by atoms with van der Waals surface area (Å²) in [6, 6.07) is 1.20. The molecule has 2 N–H and O–H groups in total. The van der Waals surface area contributed by atoms with E-state index < -0.39 is 0 Å². The molecule has 0 aromatic rings. The number of carbonyl (C=O) groups is 1. The van der Waals surface area contributed by atoms with E-state index in [1.807, 2.05) is 0 Å². The maximum atomic E-state index is 12.2. The van der Waals surface area contributed by atoms with E-state index in [0.717, 1.165) is 51.6 Å². The molecule has 7 heteroatoms. The fraction of sp³-hybridized carbons (Fsp3) is 0.938. The summed E-state index contributed by atoms with van der Waals surface area (Å²) in [4.78, 5) is 17.0. The minimum absolute atomic E-state index is 0. The average molecular weight is 369 g/mol. The van der Waals surface area contributed by atoms with Gasteiger partial charge in [0.1, 0.15) is 0 Å². The molecule has 2 atom stereocenters. The summed E-state index contributed by atoms with van der Waals surface area (Å²) in [6.07, 6.45) is 4.43. The minimum atomic E-state index is 0. The molecule has 0 aliphatic carbocycles. The van der Waals surface area contributed by atoms with E-state index in [-0.39, 0.29) is 36.6 Å². The van der Waals surface area contributed by atoms with Crippen LogP contribution >= 0.6 is 24.8 Å². The molecule has 1 amide bonds. The van der Waals surface area contributed by atoms with Crippen LogP contribution in [0, 0.1) is 5.92 Å². The van der Waals surface area contributed by atoms with E-state index in [4.69, 9.17) is 0 Å². The van der Waals surface area contributed by atoms with Crippen molar-refractivity contribution in [2.75, 3.05) is 46.8 Å². The van der Waals surface area contributed by atoms with Crippen molar-refractivity contribution in [3.05, 3.63) is 0 Å². The summed E-state index contributed by atoms with van der Waals surface area (Å²) >= 11 is 0. The Labute approximate surface area is 153 Å². The second kappa shape index (κ2) is 11.5. The van der Waals surface area contributed by atoms with Crippen LogP contribution in [0.15, 0.2) is 0 Å². The lowest BCUT2D eigenvalue weighted by Gasteiger charge is -2.35. The zero-order chi connectivity index (χ0) is 15.2. The molecule has 0 radical (unpaired) electrons. The summed E-state index contributed by atoms with van der Waals surface area (Å²) in [7, 11) is 4.33. The van der Waals surface area contributed by atoms with Crippen LogP contribution in [-0.2, 0) is 4.79 Å². The molecule has 2 aliphatic rings. The second-order valence-electron chi connectivity index (χ2n) is 6.90. The molecule has 2 heterocycles. The van der Waals surface area contributed by atoms with Gasteiger partial charge in [-0.05, 0) is 66.3 Å². The van der Waals surface area contributed by atoms with Crippen molar-refractivity contribution in [1.29, 1.82) is 0 Å². The van der Waals surface area contributed by atoms with Crippen LogP contribution in [0.25, 0.3) is 0 Å². The van der Waals surface area contributed by atoms with Crippen molar-refractivity contribution in [2.45, 2.75) is 44.7 Å². The number of amides is 1. The van der Waals surface area contributed by atoms with Gasteiger partial charge in [0.15, 0.2) is 0 Å². The van der Waals surface area contributed by atoms with E-state index in [0.29, 0.717) is 6.04 Å². The maximum absolute atomic E-state index is 12.2. The SMILES string of the molecule is C[C@H]1C[C@@H](C(=O)NCCN2CCC(N(C)C)CC2)CCN1.Cl.Cl. The van der Waals surface area contributed by atoms with Gasteiger partial charge in [-0.25, -0.2) is 0 Å². The van der Waals surface area contributed by atoms with Crippen molar-refractivity contribution in [1.82, 2.24) is 20.4 Å². The van der Waals surface area contributed by atoms with Gasteiger partial charge in [0.25, 0.3) is 0 Å². The largest absolute Gasteiger partial charge is 0.355 e. The fourth-order valence-corrected chi connectivity index (χ4v) is 3.51. The smallest absolute Gasteiger partial charge is 0.223 e. The third-order valence-corrected chi connectivity index (χ3v) is 5.01. The third kappa shape index (κ3) is 7.57. The number of hydrogen-bond acceptors (Lipinski definition) is 4. The third-order valence-electron chi connectivity index (χ3n) is 5.01. The number of nitrogens with one attached hydrogen (secondary N) is 2. The summed E-state index contributed by atoms with van der Waals surface area (Å²) in [6.45, 7) is 7.23. The highest BCUT2D eigenvalue weighted by molar-refractivity contribution is 5.85.